The number of aromatic nitrogens is 1. The van der Waals surface area contributed by atoms with Gasteiger partial charge in [-0.3, -0.25) is 4.79 Å². The monoisotopic (exact) mass is 420 g/mol. The predicted molar refractivity (Wildman–Crippen MR) is 83.0 cm³/mol. The fraction of sp³-hybridized carbons (Fsp3) is 0.231. The summed E-state index contributed by atoms with van der Waals surface area (Å²) in [6.07, 6.45) is -7.75. The van der Waals surface area contributed by atoms with Crippen LogP contribution < -0.4 is 10.1 Å². The molecular weight excluding hydrogens is 414 g/mol. The van der Waals surface area contributed by atoms with Crippen molar-refractivity contribution in [2.45, 2.75) is 12.6 Å². The van der Waals surface area contributed by atoms with Crippen LogP contribution in [0.3, 0.4) is 0 Å². The van der Waals surface area contributed by atoms with E-state index in [1.54, 1.807) is 0 Å². The van der Waals surface area contributed by atoms with E-state index in [-0.39, 0.29) is 10.9 Å². The fourth-order valence-corrected chi connectivity index (χ4v) is 3.10. The highest BCUT2D eigenvalue weighted by Crippen LogP contribution is 2.39. The number of rotatable bonds is 4. The van der Waals surface area contributed by atoms with Crippen LogP contribution >= 0.6 is 34.5 Å². The molecule has 136 valence electrons. The van der Waals surface area contributed by atoms with Crippen LogP contribution in [0.1, 0.15) is 27.4 Å². The summed E-state index contributed by atoms with van der Waals surface area (Å²) >= 11 is 12.0. The first-order valence-electron chi connectivity index (χ1n) is 6.25. The Morgan fingerprint density at radius 1 is 1.28 bits per heavy atom. The summed E-state index contributed by atoms with van der Waals surface area (Å²) in [4.78, 5) is 15.2. The van der Waals surface area contributed by atoms with E-state index in [1.165, 1.54) is 7.11 Å². The Kier molecular flexibility index (Phi) is 5.75. The van der Waals surface area contributed by atoms with E-state index in [0.29, 0.717) is 23.5 Å². The van der Waals surface area contributed by atoms with Crippen molar-refractivity contribution in [1.29, 1.82) is 0 Å². The molecular formula is C13H7Cl2F5N2O2S. The normalized spacial score (nSPS) is 11.7. The van der Waals surface area contributed by atoms with Crippen molar-refractivity contribution in [3.63, 3.8) is 0 Å². The van der Waals surface area contributed by atoms with Gasteiger partial charge in [0.2, 0.25) is 0 Å². The maximum absolute atomic E-state index is 13.0. The van der Waals surface area contributed by atoms with Gasteiger partial charge < -0.3 is 10.1 Å². The minimum absolute atomic E-state index is 0.176. The molecule has 1 heterocycles. The fourth-order valence-electron chi connectivity index (χ4n) is 1.74. The standard InChI is InChI=1S/C13H7Cl2F5N2O2S/c1-24-12-22-8(10(16)17)9(25-12)11(23)21-7-5(14)2-4(3-6(7)15)13(18,19)20/h2-3,10H,1H3,(H,21,23). The molecule has 0 spiro atoms. The molecule has 0 atom stereocenters. The zero-order valence-corrected chi connectivity index (χ0v) is 14.4. The molecule has 0 fully saturated rings. The number of hydrogen-bond donors (Lipinski definition) is 1. The third-order valence-corrected chi connectivity index (χ3v) is 4.46. The molecule has 0 unspecified atom stereocenters. The van der Waals surface area contributed by atoms with Crippen LogP contribution in [0.5, 0.6) is 5.19 Å². The largest absolute Gasteiger partial charge is 0.473 e. The molecule has 1 amide bonds. The average molecular weight is 421 g/mol. The number of carbonyl (C=O) groups excluding carboxylic acids is 1. The second-order valence-corrected chi connectivity index (χ2v) is 6.24. The predicted octanol–water partition coefficient (Wildman–Crippen LogP) is 5.67. The molecule has 4 nitrogen and oxygen atoms in total. The highest BCUT2D eigenvalue weighted by Gasteiger charge is 2.32. The van der Waals surface area contributed by atoms with E-state index in [4.69, 9.17) is 27.9 Å². The van der Waals surface area contributed by atoms with Crippen LogP contribution in [0, 0.1) is 0 Å². The summed E-state index contributed by atoms with van der Waals surface area (Å²) in [5, 5.41) is 0.948. The van der Waals surface area contributed by atoms with Gasteiger partial charge in [0, 0.05) is 0 Å². The minimum Gasteiger partial charge on any atom is -0.473 e. The minimum atomic E-state index is -4.69. The second kappa shape index (κ2) is 7.30. The van der Waals surface area contributed by atoms with Crippen LogP contribution in [0.4, 0.5) is 27.6 Å². The van der Waals surface area contributed by atoms with E-state index in [0.717, 1.165) is 0 Å². The second-order valence-electron chi connectivity index (χ2n) is 4.47. The zero-order valence-electron chi connectivity index (χ0n) is 12.0. The van der Waals surface area contributed by atoms with Crippen molar-refractivity contribution in [3.8, 4) is 5.19 Å². The quantitative estimate of drug-likeness (QED) is 0.648. The highest BCUT2D eigenvalue weighted by atomic mass is 35.5. The zero-order chi connectivity index (χ0) is 18.9. The Hall–Kier alpha value is -1.65. The Balaban J connectivity index is 2.37. The van der Waals surface area contributed by atoms with Gasteiger partial charge >= 0.3 is 6.18 Å². The average Bonchev–Trinajstić information content (AvgIpc) is 2.94. The van der Waals surface area contributed by atoms with E-state index >= 15 is 0 Å². The summed E-state index contributed by atoms with van der Waals surface area (Å²) in [5.74, 6) is -1.06. The maximum Gasteiger partial charge on any atom is 0.416 e. The lowest BCUT2D eigenvalue weighted by molar-refractivity contribution is -0.137. The molecule has 0 aliphatic heterocycles. The maximum atomic E-state index is 13.0. The van der Waals surface area contributed by atoms with E-state index in [2.05, 4.69) is 10.3 Å². The Labute approximate surface area is 151 Å². The molecule has 1 N–H and O–H groups in total. The molecule has 0 bridgehead atoms. The van der Waals surface area contributed by atoms with Crippen LogP contribution in [-0.4, -0.2) is 18.0 Å². The third-order valence-electron chi connectivity index (χ3n) is 2.83. The van der Waals surface area contributed by atoms with Crippen molar-refractivity contribution >= 4 is 46.1 Å². The van der Waals surface area contributed by atoms with E-state index in [1.807, 2.05) is 0 Å². The SMILES string of the molecule is COc1nc(C(F)F)c(C(=O)Nc2c(Cl)cc(C(F)(F)F)cc2Cl)s1. The lowest BCUT2D eigenvalue weighted by Gasteiger charge is -2.13. The molecule has 0 aliphatic carbocycles. The molecule has 12 heteroatoms. The van der Waals surface area contributed by atoms with Gasteiger partial charge in [-0.15, -0.1) is 0 Å². The lowest BCUT2D eigenvalue weighted by atomic mass is 10.2. The Morgan fingerprint density at radius 3 is 2.28 bits per heavy atom. The topological polar surface area (TPSA) is 51.2 Å². The number of thiazole rings is 1. The van der Waals surface area contributed by atoms with Gasteiger partial charge in [0.05, 0.1) is 28.4 Å². The van der Waals surface area contributed by atoms with Gasteiger partial charge in [-0.1, -0.05) is 34.5 Å². The summed E-state index contributed by atoms with van der Waals surface area (Å²) in [6.45, 7) is 0. The van der Waals surface area contributed by atoms with Gasteiger partial charge in [-0.2, -0.15) is 13.2 Å². The van der Waals surface area contributed by atoms with Crippen molar-refractivity contribution in [1.82, 2.24) is 4.98 Å². The third kappa shape index (κ3) is 4.31. The van der Waals surface area contributed by atoms with Crippen LogP contribution in [0.2, 0.25) is 10.0 Å². The first kappa shape index (κ1) is 19.7. The number of nitrogens with zero attached hydrogens (tertiary/aromatic N) is 1. The molecule has 0 aliphatic rings. The number of amides is 1. The van der Waals surface area contributed by atoms with E-state index in [9.17, 15) is 26.7 Å². The Morgan fingerprint density at radius 2 is 1.84 bits per heavy atom. The number of alkyl halides is 5. The first-order valence-corrected chi connectivity index (χ1v) is 7.82. The van der Waals surface area contributed by atoms with Gasteiger partial charge in [-0.25, -0.2) is 13.8 Å². The Bertz CT molecular complexity index is 787. The number of halogens is 7. The number of anilines is 1. The number of methoxy groups -OCH3 is 1. The van der Waals surface area contributed by atoms with Crippen molar-refractivity contribution in [3.05, 3.63) is 38.3 Å². The van der Waals surface area contributed by atoms with Crippen LogP contribution in [-0.2, 0) is 6.18 Å². The smallest absolute Gasteiger partial charge is 0.416 e. The molecule has 2 rings (SSSR count). The van der Waals surface area contributed by atoms with Gasteiger partial charge in [-0.05, 0) is 12.1 Å². The van der Waals surface area contributed by atoms with Crippen LogP contribution in [0.25, 0.3) is 0 Å². The number of carbonyl (C=O) groups is 1. The van der Waals surface area contributed by atoms with Crippen molar-refractivity contribution in [2.75, 3.05) is 12.4 Å². The first-order chi connectivity index (χ1) is 11.5. The molecule has 1 aromatic carbocycles. The number of nitrogens with one attached hydrogen (secondary N) is 1. The molecule has 1 aromatic heterocycles. The van der Waals surface area contributed by atoms with Crippen molar-refractivity contribution in [2.24, 2.45) is 0 Å². The number of benzene rings is 1. The molecule has 2 aromatic rings. The van der Waals surface area contributed by atoms with Gasteiger partial charge in [0.1, 0.15) is 10.6 Å². The summed E-state index contributed by atoms with van der Waals surface area (Å²) in [7, 11) is 1.18. The van der Waals surface area contributed by atoms with E-state index < -0.39 is 44.7 Å². The number of ether oxygens (including phenoxy) is 1. The van der Waals surface area contributed by atoms with Gasteiger partial charge in [0.25, 0.3) is 17.5 Å². The van der Waals surface area contributed by atoms with Gasteiger partial charge in [0.15, 0.2) is 0 Å². The van der Waals surface area contributed by atoms with Crippen LogP contribution in [0.15, 0.2) is 12.1 Å². The molecule has 25 heavy (non-hydrogen) atoms. The highest BCUT2D eigenvalue weighted by molar-refractivity contribution is 7.15. The lowest BCUT2D eigenvalue weighted by Crippen LogP contribution is -2.14. The molecule has 0 saturated carbocycles. The molecule has 0 saturated heterocycles. The summed E-state index contributed by atoms with van der Waals surface area (Å²) in [5.41, 5.74) is -2.28. The van der Waals surface area contributed by atoms with Crippen molar-refractivity contribution < 1.29 is 31.5 Å². The number of hydrogen-bond acceptors (Lipinski definition) is 4. The summed E-state index contributed by atoms with van der Waals surface area (Å²) < 4.78 is 68.7. The molecule has 0 radical (unpaired) electrons. The summed E-state index contributed by atoms with van der Waals surface area (Å²) in [6, 6.07) is 1.12.